The van der Waals surface area contributed by atoms with Gasteiger partial charge in [0.05, 0.1) is 24.1 Å². The first kappa shape index (κ1) is 12.9. The van der Waals surface area contributed by atoms with Crippen LogP contribution in [0.5, 0.6) is 5.75 Å². The Balaban J connectivity index is 1.48. The predicted molar refractivity (Wildman–Crippen MR) is 84.1 cm³/mol. The van der Waals surface area contributed by atoms with Gasteiger partial charge in [-0.25, -0.2) is 4.98 Å². The maximum absolute atomic E-state index is 12.2. The van der Waals surface area contributed by atoms with E-state index < -0.39 is 0 Å². The van der Waals surface area contributed by atoms with Gasteiger partial charge < -0.3 is 9.72 Å². The number of aromatic amines is 1. The van der Waals surface area contributed by atoms with E-state index in [0.29, 0.717) is 12.4 Å². The first-order valence-electron chi connectivity index (χ1n) is 7.27. The summed E-state index contributed by atoms with van der Waals surface area (Å²) in [6.07, 6.45) is 1.23. The maximum Gasteiger partial charge on any atom is 0.231 e. The van der Waals surface area contributed by atoms with Crippen LogP contribution in [0.15, 0.2) is 42.5 Å². The molecule has 5 heteroatoms. The Kier molecular flexibility index (Phi) is 3.04. The van der Waals surface area contributed by atoms with Crippen LogP contribution in [-0.4, -0.2) is 22.5 Å². The molecule has 3 aromatic rings. The number of benzene rings is 2. The van der Waals surface area contributed by atoms with E-state index in [1.54, 1.807) is 0 Å². The van der Waals surface area contributed by atoms with Crippen LogP contribution in [0.3, 0.4) is 0 Å². The number of rotatable bonds is 3. The lowest BCUT2D eigenvalue weighted by molar-refractivity contribution is -0.115. The number of nitrogens with zero attached hydrogens (tertiary/aromatic N) is 1. The first-order chi connectivity index (χ1) is 10.8. The number of imidazole rings is 1. The van der Waals surface area contributed by atoms with Gasteiger partial charge in [0.15, 0.2) is 0 Å². The van der Waals surface area contributed by atoms with Crippen molar-refractivity contribution in [3.05, 3.63) is 53.6 Å². The average Bonchev–Trinajstić information content (AvgIpc) is 3.11. The number of hydrogen-bond donors (Lipinski definition) is 2. The number of carbonyl (C=O) groups is 1. The molecule has 110 valence electrons. The molecule has 2 aromatic carbocycles. The van der Waals surface area contributed by atoms with Crippen LogP contribution in [0.25, 0.3) is 11.0 Å². The van der Waals surface area contributed by atoms with Crippen molar-refractivity contribution in [3.63, 3.8) is 0 Å². The third-order valence-corrected chi connectivity index (χ3v) is 3.77. The lowest BCUT2D eigenvalue weighted by atomic mass is 10.1. The molecule has 4 rings (SSSR count). The van der Waals surface area contributed by atoms with Crippen molar-refractivity contribution in [2.45, 2.75) is 12.8 Å². The number of carbonyl (C=O) groups excluding carboxylic acids is 1. The monoisotopic (exact) mass is 293 g/mol. The number of amides is 1. The number of ether oxygens (including phenoxy) is 1. The molecule has 0 fully saturated rings. The lowest BCUT2D eigenvalue weighted by Crippen LogP contribution is -2.15. The molecule has 5 nitrogen and oxygen atoms in total. The van der Waals surface area contributed by atoms with Crippen molar-refractivity contribution in [2.24, 2.45) is 0 Å². The molecule has 1 aromatic heterocycles. The summed E-state index contributed by atoms with van der Waals surface area (Å²) in [7, 11) is 0. The second-order valence-corrected chi connectivity index (χ2v) is 5.37. The fourth-order valence-corrected chi connectivity index (χ4v) is 2.72. The molecule has 0 bridgehead atoms. The van der Waals surface area contributed by atoms with E-state index in [-0.39, 0.29) is 5.91 Å². The smallest absolute Gasteiger partial charge is 0.231 e. The van der Waals surface area contributed by atoms with E-state index in [0.717, 1.165) is 35.4 Å². The summed E-state index contributed by atoms with van der Waals surface area (Å²) in [6, 6.07) is 13.6. The third kappa shape index (κ3) is 2.41. The Labute approximate surface area is 127 Å². The molecule has 0 saturated carbocycles. The highest BCUT2D eigenvalue weighted by Gasteiger charge is 2.14. The highest BCUT2D eigenvalue weighted by molar-refractivity contribution is 5.92. The van der Waals surface area contributed by atoms with Gasteiger partial charge in [0, 0.05) is 6.42 Å². The zero-order valence-electron chi connectivity index (χ0n) is 11.9. The Bertz CT molecular complexity index is 821. The number of fused-ring (bicyclic) bond motifs is 2. The van der Waals surface area contributed by atoms with E-state index in [4.69, 9.17) is 4.74 Å². The van der Waals surface area contributed by atoms with Gasteiger partial charge in [0.25, 0.3) is 0 Å². The van der Waals surface area contributed by atoms with E-state index in [1.807, 2.05) is 42.5 Å². The highest BCUT2D eigenvalue weighted by Crippen LogP contribution is 2.26. The number of aromatic nitrogens is 2. The van der Waals surface area contributed by atoms with Crippen LogP contribution in [-0.2, 0) is 17.6 Å². The number of anilines is 1. The molecular formula is C17H15N3O2. The van der Waals surface area contributed by atoms with Crippen molar-refractivity contribution in [1.29, 1.82) is 0 Å². The van der Waals surface area contributed by atoms with Crippen molar-refractivity contribution in [3.8, 4) is 5.75 Å². The quantitative estimate of drug-likeness (QED) is 0.780. The zero-order chi connectivity index (χ0) is 14.9. The van der Waals surface area contributed by atoms with Crippen molar-refractivity contribution in [1.82, 2.24) is 9.97 Å². The van der Waals surface area contributed by atoms with Gasteiger partial charge in [-0.1, -0.05) is 24.3 Å². The van der Waals surface area contributed by atoms with Crippen LogP contribution in [0.4, 0.5) is 5.95 Å². The predicted octanol–water partition coefficient (Wildman–Crippen LogP) is 2.68. The van der Waals surface area contributed by atoms with E-state index in [1.165, 1.54) is 5.56 Å². The maximum atomic E-state index is 12.2. The third-order valence-electron chi connectivity index (χ3n) is 3.77. The fraction of sp³-hybridized carbons (Fsp3) is 0.176. The summed E-state index contributed by atoms with van der Waals surface area (Å²) in [5, 5.41) is 2.81. The van der Waals surface area contributed by atoms with Gasteiger partial charge >= 0.3 is 0 Å². The molecule has 2 N–H and O–H groups in total. The minimum Gasteiger partial charge on any atom is -0.493 e. The van der Waals surface area contributed by atoms with E-state index >= 15 is 0 Å². The molecule has 1 aliphatic heterocycles. The van der Waals surface area contributed by atoms with Gasteiger partial charge in [0.1, 0.15) is 5.75 Å². The largest absolute Gasteiger partial charge is 0.493 e. The molecule has 0 atom stereocenters. The van der Waals surface area contributed by atoms with Crippen LogP contribution in [0.1, 0.15) is 11.1 Å². The first-order valence-corrected chi connectivity index (χ1v) is 7.27. The summed E-state index contributed by atoms with van der Waals surface area (Å²) in [6.45, 7) is 0.726. The van der Waals surface area contributed by atoms with Crippen LogP contribution < -0.4 is 10.1 Å². The summed E-state index contributed by atoms with van der Waals surface area (Å²) < 4.78 is 5.47. The van der Waals surface area contributed by atoms with Crippen LogP contribution in [0, 0.1) is 0 Å². The van der Waals surface area contributed by atoms with Crippen LogP contribution >= 0.6 is 0 Å². The van der Waals surface area contributed by atoms with Gasteiger partial charge in [-0.3, -0.25) is 10.1 Å². The molecule has 0 radical (unpaired) electrons. The normalized spacial score (nSPS) is 12.9. The average molecular weight is 293 g/mol. The molecule has 2 heterocycles. The molecule has 1 aliphatic rings. The Morgan fingerprint density at radius 1 is 1.27 bits per heavy atom. The van der Waals surface area contributed by atoms with Crippen molar-refractivity contribution >= 4 is 22.9 Å². The molecule has 22 heavy (non-hydrogen) atoms. The topological polar surface area (TPSA) is 67.0 Å². The van der Waals surface area contributed by atoms with Crippen molar-refractivity contribution < 1.29 is 9.53 Å². The van der Waals surface area contributed by atoms with Crippen molar-refractivity contribution in [2.75, 3.05) is 11.9 Å². The summed E-state index contributed by atoms with van der Waals surface area (Å²) >= 11 is 0. The fourth-order valence-electron chi connectivity index (χ4n) is 2.72. The highest BCUT2D eigenvalue weighted by atomic mass is 16.5. The van der Waals surface area contributed by atoms with Gasteiger partial charge in [0.2, 0.25) is 11.9 Å². The molecule has 0 saturated heterocycles. The second kappa shape index (κ2) is 5.18. The summed E-state index contributed by atoms with van der Waals surface area (Å²) in [5.41, 5.74) is 3.91. The molecule has 0 spiro atoms. The summed E-state index contributed by atoms with van der Waals surface area (Å²) in [4.78, 5) is 19.6. The van der Waals surface area contributed by atoms with E-state index in [9.17, 15) is 4.79 Å². The minimum absolute atomic E-state index is 0.0853. The van der Waals surface area contributed by atoms with Crippen LogP contribution in [0.2, 0.25) is 0 Å². The Hall–Kier alpha value is -2.82. The number of H-pyrrole nitrogens is 1. The molecule has 0 unspecified atom stereocenters. The number of hydrogen-bond acceptors (Lipinski definition) is 3. The Morgan fingerprint density at radius 3 is 3.09 bits per heavy atom. The van der Waals surface area contributed by atoms with E-state index in [2.05, 4.69) is 15.3 Å². The molecular weight excluding hydrogens is 278 g/mol. The van der Waals surface area contributed by atoms with Gasteiger partial charge in [-0.2, -0.15) is 0 Å². The van der Waals surface area contributed by atoms with Gasteiger partial charge in [-0.05, 0) is 29.3 Å². The minimum atomic E-state index is -0.0853. The molecule has 1 amide bonds. The summed E-state index contributed by atoms with van der Waals surface area (Å²) in [5.74, 6) is 1.33. The standard InChI is InChI=1S/C17H15N3O2/c21-16(10-11-5-6-15-12(9-11)7-8-22-15)20-17-18-13-3-1-2-4-14(13)19-17/h1-6,9H,7-8,10H2,(H2,18,19,20,21). The second-order valence-electron chi connectivity index (χ2n) is 5.37. The lowest BCUT2D eigenvalue weighted by Gasteiger charge is -2.04. The number of nitrogens with one attached hydrogen (secondary N) is 2. The van der Waals surface area contributed by atoms with Gasteiger partial charge in [-0.15, -0.1) is 0 Å². The molecule has 0 aliphatic carbocycles. The SMILES string of the molecule is O=C(Cc1ccc2c(c1)CCO2)Nc1nc2ccccc2[nH]1. The number of para-hydroxylation sites is 2. The Morgan fingerprint density at radius 2 is 2.18 bits per heavy atom. The zero-order valence-corrected chi connectivity index (χ0v) is 11.9.